The number of carbonyl (C=O) groups excluding carboxylic acids is 3. The van der Waals surface area contributed by atoms with E-state index in [4.69, 9.17) is 9.47 Å². The first kappa shape index (κ1) is 17.6. The van der Waals surface area contributed by atoms with Gasteiger partial charge in [0.1, 0.15) is 6.04 Å². The van der Waals surface area contributed by atoms with Crippen LogP contribution in [0.25, 0.3) is 0 Å². The molecule has 0 spiro atoms. The SMILES string of the molecule is CC(C)C(=O)OCOC(=O)N1C[C@@H](S)C[C@H]1C(=O)N(C)C. The van der Waals surface area contributed by atoms with Crippen LogP contribution in [0.5, 0.6) is 0 Å². The van der Waals surface area contributed by atoms with Crippen LogP contribution in [0.2, 0.25) is 0 Å². The number of nitrogens with zero attached hydrogens (tertiary/aromatic N) is 2. The molecule has 120 valence electrons. The highest BCUT2D eigenvalue weighted by Gasteiger charge is 2.40. The molecular formula is C13H22N2O5S. The number of amides is 2. The highest BCUT2D eigenvalue weighted by Crippen LogP contribution is 2.23. The largest absolute Gasteiger partial charge is 0.428 e. The van der Waals surface area contributed by atoms with Crippen molar-refractivity contribution < 1.29 is 23.9 Å². The minimum atomic E-state index is -0.677. The number of ether oxygens (including phenoxy) is 2. The lowest BCUT2D eigenvalue weighted by atomic mass is 10.2. The summed E-state index contributed by atoms with van der Waals surface area (Å²) in [5.41, 5.74) is 0. The van der Waals surface area contributed by atoms with E-state index in [1.807, 2.05) is 0 Å². The van der Waals surface area contributed by atoms with Gasteiger partial charge in [0, 0.05) is 25.9 Å². The van der Waals surface area contributed by atoms with Crippen molar-refractivity contribution in [3.8, 4) is 0 Å². The average Bonchev–Trinajstić information content (AvgIpc) is 2.79. The van der Waals surface area contributed by atoms with Crippen molar-refractivity contribution in [1.82, 2.24) is 9.80 Å². The Hall–Kier alpha value is -1.44. The molecule has 0 N–H and O–H groups in total. The van der Waals surface area contributed by atoms with Gasteiger partial charge in [-0.2, -0.15) is 12.6 Å². The summed E-state index contributed by atoms with van der Waals surface area (Å²) in [6.07, 6.45) is -0.204. The van der Waals surface area contributed by atoms with Crippen molar-refractivity contribution in [3.05, 3.63) is 0 Å². The number of likely N-dealkylation sites (N-methyl/N-ethyl adjacent to an activating group) is 1. The van der Waals surface area contributed by atoms with Gasteiger partial charge in [-0.15, -0.1) is 0 Å². The second-order valence-corrected chi connectivity index (χ2v) is 6.17. The van der Waals surface area contributed by atoms with Gasteiger partial charge < -0.3 is 14.4 Å². The number of hydrogen-bond acceptors (Lipinski definition) is 6. The van der Waals surface area contributed by atoms with Gasteiger partial charge in [0.25, 0.3) is 0 Å². The molecule has 0 saturated carbocycles. The summed E-state index contributed by atoms with van der Waals surface area (Å²) in [6, 6.07) is -0.587. The van der Waals surface area contributed by atoms with Crippen molar-refractivity contribution >= 4 is 30.6 Å². The summed E-state index contributed by atoms with van der Waals surface area (Å²) in [6.45, 7) is 3.24. The topological polar surface area (TPSA) is 76.1 Å². The molecule has 1 fully saturated rings. The number of carbonyl (C=O) groups is 3. The molecule has 0 aromatic carbocycles. The third-order valence-corrected chi connectivity index (χ3v) is 3.47. The molecule has 2 atom stereocenters. The second kappa shape index (κ2) is 7.53. The van der Waals surface area contributed by atoms with Crippen LogP contribution < -0.4 is 0 Å². The Balaban J connectivity index is 2.55. The molecule has 0 bridgehead atoms. The molecule has 0 aromatic rings. The van der Waals surface area contributed by atoms with E-state index >= 15 is 0 Å². The minimum Gasteiger partial charge on any atom is -0.428 e. The summed E-state index contributed by atoms with van der Waals surface area (Å²) in [4.78, 5) is 38.0. The Morgan fingerprint density at radius 3 is 2.43 bits per heavy atom. The Morgan fingerprint density at radius 2 is 1.90 bits per heavy atom. The monoisotopic (exact) mass is 318 g/mol. The zero-order valence-electron chi connectivity index (χ0n) is 12.7. The fourth-order valence-corrected chi connectivity index (χ4v) is 2.31. The van der Waals surface area contributed by atoms with Crippen LogP contribution in [0, 0.1) is 5.92 Å². The predicted molar refractivity (Wildman–Crippen MR) is 78.9 cm³/mol. The molecule has 0 aliphatic carbocycles. The molecule has 0 radical (unpaired) electrons. The fourth-order valence-electron chi connectivity index (χ4n) is 1.94. The van der Waals surface area contributed by atoms with E-state index in [9.17, 15) is 14.4 Å². The van der Waals surface area contributed by atoms with E-state index < -0.39 is 24.9 Å². The highest BCUT2D eigenvalue weighted by molar-refractivity contribution is 7.81. The highest BCUT2D eigenvalue weighted by atomic mass is 32.1. The lowest BCUT2D eigenvalue weighted by molar-refractivity contribution is -0.156. The first-order valence-corrected chi connectivity index (χ1v) is 7.25. The van der Waals surface area contributed by atoms with Gasteiger partial charge in [-0.05, 0) is 6.42 Å². The third-order valence-electron chi connectivity index (χ3n) is 3.09. The minimum absolute atomic E-state index is 0.0790. The number of hydrogen-bond donors (Lipinski definition) is 1. The first-order chi connectivity index (χ1) is 9.73. The maximum absolute atomic E-state index is 12.0. The molecular weight excluding hydrogens is 296 g/mol. The van der Waals surface area contributed by atoms with Crippen LogP contribution in [0.4, 0.5) is 4.79 Å². The van der Waals surface area contributed by atoms with Crippen LogP contribution >= 0.6 is 12.6 Å². The summed E-state index contributed by atoms with van der Waals surface area (Å²) in [5, 5.41) is -0.0790. The lowest BCUT2D eigenvalue weighted by Crippen LogP contribution is -2.45. The van der Waals surface area contributed by atoms with Gasteiger partial charge in [0.15, 0.2) is 0 Å². The molecule has 1 rings (SSSR count). The molecule has 8 heteroatoms. The van der Waals surface area contributed by atoms with Crippen LogP contribution in [0.1, 0.15) is 20.3 Å². The van der Waals surface area contributed by atoms with E-state index in [1.54, 1.807) is 27.9 Å². The Kier molecular flexibility index (Phi) is 6.32. The maximum atomic E-state index is 12.0. The molecule has 2 amide bonds. The van der Waals surface area contributed by atoms with Crippen LogP contribution in [0.15, 0.2) is 0 Å². The third kappa shape index (κ3) is 4.80. The van der Waals surface area contributed by atoms with Crippen LogP contribution in [-0.4, -0.2) is 66.5 Å². The Labute approximate surface area is 129 Å². The average molecular weight is 318 g/mol. The van der Waals surface area contributed by atoms with Gasteiger partial charge in [0.2, 0.25) is 12.7 Å². The van der Waals surface area contributed by atoms with E-state index in [0.29, 0.717) is 13.0 Å². The van der Waals surface area contributed by atoms with Crippen LogP contribution in [0.3, 0.4) is 0 Å². The Morgan fingerprint density at radius 1 is 1.29 bits per heavy atom. The zero-order chi connectivity index (χ0) is 16.2. The molecule has 0 unspecified atom stereocenters. The van der Waals surface area contributed by atoms with E-state index in [0.717, 1.165) is 0 Å². The van der Waals surface area contributed by atoms with E-state index in [1.165, 1.54) is 9.80 Å². The first-order valence-electron chi connectivity index (χ1n) is 6.73. The molecule has 1 aliphatic heterocycles. The summed E-state index contributed by atoms with van der Waals surface area (Å²) in [7, 11) is 3.25. The molecule has 1 aliphatic rings. The standard InChI is InChI=1S/C13H22N2O5S/c1-8(2)12(17)19-7-20-13(18)15-6-9(21)5-10(15)11(16)14(3)4/h8-10,21H,5-7H2,1-4H3/t9-,10-/m0/s1. The number of rotatable bonds is 4. The Bertz CT molecular complexity index is 413. The van der Waals surface area contributed by atoms with Crippen molar-refractivity contribution in [2.45, 2.75) is 31.6 Å². The van der Waals surface area contributed by atoms with Gasteiger partial charge in [0.05, 0.1) is 5.92 Å². The molecule has 1 saturated heterocycles. The van der Waals surface area contributed by atoms with Crippen molar-refractivity contribution in [1.29, 1.82) is 0 Å². The van der Waals surface area contributed by atoms with E-state index in [2.05, 4.69) is 12.6 Å². The number of esters is 1. The predicted octanol–water partition coefficient (Wildman–Crippen LogP) is 0.741. The van der Waals surface area contributed by atoms with Crippen molar-refractivity contribution in [2.24, 2.45) is 5.92 Å². The summed E-state index contributed by atoms with van der Waals surface area (Å²) < 4.78 is 9.68. The van der Waals surface area contributed by atoms with E-state index in [-0.39, 0.29) is 17.1 Å². The maximum Gasteiger partial charge on any atom is 0.413 e. The molecule has 7 nitrogen and oxygen atoms in total. The summed E-state index contributed by atoms with van der Waals surface area (Å²) >= 11 is 4.31. The fraction of sp³-hybridized carbons (Fsp3) is 0.769. The molecule has 0 aromatic heterocycles. The second-order valence-electron chi connectivity index (χ2n) is 5.44. The van der Waals surface area contributed by atoms with Crippen molar-refractivity contribution in [3.63, 3.8) is 0 Å². The van der Waals surface area contributed by atoms with Crippen LogP contribution in [-0.2, 0) is 19.1 Å². The molecule has 1 heterocycles. The summed E-state index contributed by atoms with van der Waals surface area (Å²) in [5.74, 6) is -0.916. The van der Waals surface area contributed by atoms with Crippen molar-refractivity contribution in [2.75, 3.05) is 27.4 Å². The van der Waals surface area contributed by atoms with Gasteiger partial charge in [-0.1, -0.05) is 13.8 Å². The number of thiol groups is 1. The molecule has 21 heavy (non-hydrogen) atoms. The number of likely N-dealkylation sites (tertiary alicyclic amines) is 1. The van der Waals surface area contributed by atoms with Gasteiger partial charge in [-0.3, -0.25) is 14.5 Å². The van der Waals surface area contributed by atoms with Gasteiger partial charge >= 0.3 is 12.1 Å². The lowest BCUT2D eigenvalue weighted by Gasteiger charge is -2.25. The smallest absolute Gasteiger partial charge is 0.413 e. The zero-order valence-corrected chi connectivity index (χ0v) is 13.6. The quantitative estimate of drug-likeness (QED) is 0.470. The normalized spacial score (nSPS) is 21.3. The van der Waals surface area contributed by atoms with Gasteiger partial charge in [-0.25, -0.2) is 4.79 Å².